The molecule has 15 aromatic rings. The van der Waals surface area contributed by atoms with Crippen LogP contribution in [0, 0.1) is 48.5 Å². The number of ether oxygens (including phenoxy) is 1. The van der Waals surface area contributed by atoms with Crippen molar-refractivity contribution in [1.82, 2.24) is 58.5 Å². The van der Waals surface area contributed by atoms with Crippen LogP contribution in [0.25, 0.3) is 65.4 Å². The highest BCUT2D eigenvalue weighted by molar-refractivity contribution is 5.92. The van der Waals surface area contributed by atoms with Gasteiger partial charge in [-0.25, -0.2) is 0 Å². The highest BCUT2D eigenvalue weighted by Gasteiger charge is 2.41. The number of benzene rings is 9. The maximum absolute atomic E-state index is 11.3. The van der Waals surface area contributed by atoms with E-state index >= 15 is 0 Å². The molecule has 0 fully saturated rings. The lowest BCUT2D eigenvalue weighted by atomic mass is 9.88. The quantitative estimate of drug-likeness (QED) is 0.0606. The van der Waals surface area contributed by atoms with Gasteiger partial charge in [0.25, 0.3) is 0 Å². The molecule has 15 heteroatoms. The Bertz CT molecular complexity index is 6930. The van der Waals surface area contributed by atoms with Crippen molar-refractivity contribution in [3.63, 3.8) is 0 Å². The third-order valence-electron chi connectivity index (χ3n) is 32.8. The van der Waals surface area contributed by atoms with E-state index in [0.717, 1.165) is 83.4 Å². The lowest BCUT2D eigenvalue weighted by Crippen LogP contribution is -2.43. The van der Waals surface area contributed by atoms with Gasteiger partial charge >= 0.3 is 0 Å². The predicted octanol–water partition coefficient (Wildman–Crippen LogP) is 28.0. The third kappa shape index (κ3) is 19.9. The number of carbonyl (C=O) groups is 1. The Kier molecular flexibility index (Phi) is 28.9. The molecule has 8 unspecified atom stereocenters. The van der Waals surface area contributed by atoms with Gasteiger partial charge in [0, 0.05) is 209 Å². The van der Waals surface area contributed by atoms with Gasteiger partial charge in [0.1, 0.15) is 0 Å². The van der Waals surface area contributed by atoms with Gasteiger partial charge in [0.2, 0.25) is 5.91 Å². The van der Waals surface area contributed by atoms with Crippen molar-refractivity contribution in [2.45, 2.75) is 312 Å². The van der Waals surface area contributed by atoms with E-state index in [-0.39, 0.29) is 5.91 Å². The summed E-state index contributed by atoms with van der Waals surface area (Å²) in [6.07, 6.45) is 27.9. The Balaban J connectivity index is 0.000000103. The molecule has 139 heavy (non-hydrogen) atoms. The fourth-order valence-electron chi connectivity index (χ4n) is 26.3. The van der Waals surface area contributed by atoms with Crippen LogP contribution in [0.15, 0.2) is 200 Å². The summed E-state index contributed by atoms with van der Waals surface area (Å²) < 4.78 is 16.0. The van der Waals surface area contributed by atoms with Crippen LogP contribution in [-0.2, 0) is 87.3 Å². The van der Waals surface area contributed by atoms with Gasteiger partial charge in [-0.05, 0) is 346 Å². The molecule has 8 atom stereocenters. The minimum Gasteiger partial charge on any atom is -0.381 e. The zero-order chi connectivity index (χ0) is 95.8. The molecule has 10 aliphatic rings. The van der Waals surface area contributed by atoms with Crippen LogP contribution >= 0.6 is 0 Å². The molecule has 0 radical (unpaired) electrons. The van der Waals surface area contributed by atoms with E-state index in [1.807, 2.05) is 26.2 Å². The number of aryl methyl sites for hydroxylation is 15. The Morgan fingerprint density at radius 1 is 0.410 bits per heavy atom. The molecule has 6 aromatic heterocycles. The highest BCUT2D eigenvalue weighted by Crippen LogP contribution is 2.50. The molecule has 0 saturated carbocycles. The van der Waals surface area contributed by atoms with Crippen molar-refractivity contribution in [2.75, 3.05) is 51.7 Å². The number of nitrogens with one attached hydrogen (secondary N) is 5. The molecular formula is C124H153N13O2. The number of amides is 1. The summed E-state index contributed by atoms with van der Waals surface area (Å²) in [5.41, 5.74) is 42.8. The van der Waals surface area contributed by atoms with Gasteiger partial charge in [-0.2, -0.15) is 0 Å². The standard InChI is InChI=1S/C25H29N3O.C24H28N2.C23H26N2.C19H26N2O.C17H24N2.C16H20N2/c1-17-7-12-23-22(15-17)21-5-3-6-24-25(21)28(23)14-4-13-27(24)16-19-8-10-20(11-9-19)26-18(2)29;1-17-6-3-7-19(14-17)16-25-12-5-13-26-22-11-10-18(2)15-21(22)20-8-4-9-23(25)24(20)26;1-16-11-12-21-20(15-16)19-9-6-10-22-23(19)25(21)14-13-24(22)17(2)18-7-4-3-5-8-18;1-13-7-8-17-16(11-13)15-5-4-6-18-19(15)21(17)10-9-20(18)12-14(2)22-3;1-3-4-10-18-16-7-5-6-13-14-11-12(2)8-9-15(14)19-17(13)16;1-10(2)17-15-6-4-5-12-13-9-11(3)7-8-14(13)18-16(12)15/h7-12,15,24H,3-6,13-14,16H2,1-2H3,(H,26,29);3,6-7,10-11,14-15,23H,4-5,8-9,12-13,16H2,1-2H3;3-5,7-8,11-12,15,17,22H,6,9-10,13-14H2,1-2H3;7-8,11,14,18H,4-6,9-10,12H2,1-3H3;8-9,11,16,18-19H,3-7,10H2,1-2H3;7-9,15,17-18H,1,4-6H2,2-3H3. The van der Waals surface area contributed by atoms with E-state index in [2.05, 4.69) is 316 Å². The van der Waals surface area contributed by atoms with Crippen LogP contribution in [0.1, 0.15) is 303 Å². The van der Waals surface area contributed by atoms with Crippen LogP contribution in [0.2, 0.25) is 0 Å². The molecule has 0 bridgehead atoms. The van der Waals surface area contributed by atoms with Gasteiger partial charge in [-0.15, -0.1) is 0 Å². The number of nitrogens with zero attached hydrogens (tertiary/aromatic N) is 8. The highest BCUT2D eigenvalue weighted by atomic mass is 16.5. The lowest BCUT2D eigenvalue weighted by Gasteiger charge is -2.43. The Morgan fingerprint density at radius 3 is 1.30 bits per heavy atom. The second kappa shape index (κ2) is 42.0. The second-order valence-corrected chi connectivity index (χ2v) is 42.9. The van der Waals surface area contributed by atoms with Gasteiger partial charge in [0.15, 0.2) is 0 Å². The molecule has 4 aliphatic heterocycles. The van der Waals surface area contributed by atoms with E-state index in [1.165, 1.54) is 286 Å². The molecule has 6 aliphatic carbocycles. The van der Waals surface area contributed by atoms with Crippen LogP contribution in [-0.4, -0.2) is 106 Å². The zero-order valence-corrected chi connectivity index (χ0v) is 85.7. The number of allylic oxidation sites excluding steroid dienone is 1. The number of unbranched alkanes of at least 4 members (excludes halogenated alkanes) is 1. The molecule has 15 nitrogen and oxygen atoms in total. The fourth-order valence-corrected chi connectivity index (χ4v) is 26.3. The summed E-state index contributed by atoms with van der Waals surface area (Å²) in [6.45, 7) is 43.1. The third-order valence-corrected chi connectivity index (χ3v) is 32.8. The minimum atomic E-state index is -0.0249. The molecule has 726 valence electrons. The topological polar surface area (TPSA) is 127 Å². The first-order valence-electron chi connectivity index (χ1n) is 53.5. The number of fused-ring (bicyclic) bond motifs is 18. The van der Waals surface area contributed by atoms with E-state index < -0.39 is 0 Å². The number of carbonyl (C=O) groups excluding carboxylic acids is 1. The van der Waals surface area contributed by atoms with Crippen molar-refractivity contribution in [3.8, 4) is 0 Å². The van der Waals surface area contributed by atoms with Crippen molar-refractivity contribution < 1.29 is 9.53 Å². The predicted molar refractivity (Wildman–Crippen MR) is 579 cm³/mol. The van der Waals surface area contributed by atoms with Crippen molar-refractivity contribution in [2.24, 2.45) is 0 Å². The van der Waals surface area contributed by atoms with Crippen molar-refractivity contribution in [1.29, 1.82) is 0 Å². The fraction of sp³-hybridized carbons (Fsp3) is 0.444. The smallest absolute Gasteiger partial charge is 0.221 e. The summed E-state index contributed by atoms with van der Waals surface area (Å²) in [5.74, 6) is -0.0249. The molecular weight excluding hydrogens is 1700 g/mol. The van der Waals surface area contributed by atoms with Crippen molar-refractivity contribution in [3.05, 3.63) is 324 Å². The number of hydrogen-bond acceptors (Lipinski definition) is 8. The minimum absolute atomic E-state index is 0.0249. The van der Waals surface area contributed by atoms with E-state index in [4.69, 9.17) is 4.74 Å². The van der Waals surface area contributed by atoms with Gasteiger partial charge in [0.05, 0.1) is 36.3 Å². The van der Waals surface area contributed by atoms with Crippen LogP contribution in [0.3, 0.4) is 0 Å². The zero-order valence-electron chi connectivity index (χ0n) is 85.7. The van der Waals surface area contributed by atoms with Crippen LogP contribution < -0.4 is 16.0 Å². The summed E-state index contributed by atoms with van der Waals surface area (Å²) >= 11 is 0. The Morgan fingerprint density at radius 2 is 0.827 bits per heavy atom. The number of H-pyrrole nitrogens is 2. The van der Waals surface area contributed by atoms with Crippen LogP contribution in [0.5, 0.6) is 0 Å². The summed E-state index contributed by atoms with van der Waals surface area (Å²) in [6, 6.07) is 73.5. The van der Waals surface area contributed by atoms with E-state index in [1.54, 1.807) is 57.5 Å². The average Bonchev–Trinajstić information content (AvgIpc) is 1.57. The summed E-state index contributed by atoms with van der Waals surface area (Å²) in [5, 5.41) is 18.9. The molecule has 0 spiro atoms. The largest absolute Gasteiger partial charge is 0.381 e. The number of aromatic nitrogens is 6. The summed E-state index contributed by atoms with van der Waals surface area (Å²) in [7, 11) is 1.82. The number of aromatic amines is 2. The molecule has 9 aromatic carbocycles. The number of rotatable bonds is 16. The lowest BCUT2D eigenvalue weighted by molar-refractivity contribution is -0.114. The normalized spacial score (nSPS) is 20.2. The maximum atomic E-state index is 11.3. The SMILES string of the molecule is C=C(C)NC1CCCc2c1[nH]c1ccc(C)cc21.CC(=O)Nc1ccc(CN2CCCn3c4c(c5cc(C)ccc53)CCCC42)cc1.CCCCNC1CCCc2c1[nH]c1ccc(C)cc21.COC(C)CN1CCn2c3c(c4cc(C)ccc42)CCCC31.Cc1ccc2c(c1)c1c3n2CCN(C(C)c2ccccc2)C3CCC1.Cc1cccc(CN2CCCn3c4c(c5cc(C)ccc53)CCCC42)c1. The average molecular weight is 1860 g/mol. The number of anilines is 1. The number of hydrogen-bond donors (Lipinski definition) is 5. The van der Waals surface area contributed by atoms with E-state index in [9.17, 15) is 4.79 Å². The molecule has 1 amide bonds. The van der Waals surface area contributed by atoms with Gasteiger partial charge in [-0.1, -0.05) is 162 Å². The van der Waals surface area contributed by atoms with Crippen molar-refractivity contribution >= 4 is 77.0 Å². The summed E-state index contributed by atoms with van der Waals surface area (Å²) in [4.78, 5) is 29.3. The van der Waals surface area contributed by atoms with Gasteiger partial charge < -0.3 is 48.9 Å². The Hall–Kier alpha value is -11.0. The molecule has 10 heterocycles. The van der Waals surface area contributed by atoms with E-state index in [0.29, 0.717) is 48.4 Å². The monoisotopic (exact) mass is 1860 g/mol. The second-order valence-electron chi connectivity index (χ2n) is 42.9. The molecule has 25 rings (SSSR count). The first kappa shape index (κ1) is 95.5. The first-order valence-corrected chi connectivity index (χ1v) is 53.5. The first-order chi connectivity index (χ1) is 67.7. The van der Waals surface area contributed by atoms with Gasteiger partial charge in [-0.3, -0.25) is 24.4 Å². The maximum Gasteiger partial charge on any atom is 0.221 e. The number of methoxy groups -OCH3 is 1. The Labute approximate surface area is 826 Å². The molecule has 5 N–H and O–H groups in total. The van der Waals surface area contributed by atoms with Crippen LogP contribution in [0.4, 0.5) is 5.69 Å². The molecule has 0 saturated heterocycles.